The zero-order valence-corrected chi connectivity index (χ0v) is 11.1. The average molecular weight is 270 g/mol. The molecule has 4 N–H and O–H groups in total. The Morgan fingerprint density at radius 3 is 2.53 bits per heavy atom. The highest BCUT2D eigenvalue weighted by Crippen LogP contribution is 2.29. The standard InChI is InChI=1S/C12H22N4O3/c13-4-8-16-10(18)12(14-11(16)19)2-6-15(7-3-12)5-1-9-17/h17H,1-9,13H2,(H,14,19). The summed E-state index contributed by atoms with van der Waals surface area (Å²) in [6, 6.07) is -0.320. The molecule has 0 saturated carbocycles. The molecule has 7 heteroatoms. The van der Waals surface area contributed by atoms with E-state index in [-0.39, 0.29) is 31.6 Å². The maximum atomic E-state index is 12.3. The Balaban J connectivity index is 1.95. The lowest BCUT2D eigenvalue weighted by molar-refractivity contribution is -0.132. The Labute approximate surface area is 112 Å². The van der Waals surface area contributed by atoms with Crippen LogP contribution in [0, 0.1) is 0 Å². The zero-order valence-electron chi connectivity index (χ0n) is 11.1. The van der Waals surface area contributed by atoms with E-state index in [2.05, 4.69) is 10.2 Å². The van der Waals surface area contributed by atoms with Crippen molar-refractivity contribution in [1.29, 1.82) is 0 Å². The highest BCUT2D eigenvalue weighted by molar-refractivity contribution is 6.07. The molecule has 0 aromatic heterocycles. The molecule has 0 bridgehead atoms. The Morgan fingerprint density at radius 1 is 1.26 bits per heavy atom. The maximum absolute atomic E-state index is 12.3. The van der Waals surface area contributed by atoms with Gasteiger partial charge in [0.2, 0.25) is 0 Å². The molecule has 19 heavy (non-hydrogen) atoms. The predicted octanol–water partition coefficient (Wildman–Crippen LogP) is -1.29. The smallest absolute Gasteiger partial charge is 0.325 e. The third kappa shape index (κ3) is 2.72. The fourth-order valence-electron chi connectivity index (χ4n) is 2.80. The van der Waals surface area contributed by atoms with Gasteiger partial charge in [0.15, 0.2) is 0 Å². The lowest BCUT2D eigenvalue weighted by atomic mass is 9.87. The molecule has 0 aromatic carbocycles. The number of aliphatic hydroxyl groups excluding tert-OH is 1. The molecule has 0 radical (unpaired) electrons. The van der Waals surface area contributed by atoms with E-state index in [4.69, 9.17) is 10.8 Å². The second kappa shape index (κ2) is 5.85. The lowest BCUT2D eigenvalue weighted by Crippen LogP contribution is -2.55. The molecule has 0 aliphatic carbocycles. The molecule has 0 unspecified atom stereocenters. The van der Waals surface area contributed by atoms with Crippen molar-refractivity contribution < 1.29 is 14.7 Å². The van der Waals surface area contributed by atoms with E-state index in [1.807, 2.05) is 0 Å². The minimum Gasteiger partial charge on any atom is -0.396 e. The van der Waals surface area contributed by atoms with Crippen LogP contribution in [-0.2, 0) is 4.79 Å². The van der Waals surface area contributed by atoms with Gasteiger partial charge in [-0.3, -0.25) is 9.69 Å². The molecule has 3 amide bonds. The van der Waals surface area contributed by atoms with Crippen LogP contribution in [0.1, 0.15) is 19.3 Å². The first-order valence-electron chi connectivity index (χ1n) is 6.80. The molecule has 2 fully saturated rings. The van der Waals surface area contributed by atoms with Crippen molar-refractivity contribution >= 4 is 11.9 Å². The van der Waals surface area contributed by atoms with Gasteiger partial charge in [0.1, 0.15) is 5.54 Å². The first-order valence-corrected chi connectivity index (χ1v) is 6.80. The van der Waals surface area contributed by atoms with Crippen LogP contribution >= 0.6 is 0 Å². The molecular weight excluding hydrogens is 248 g/mol. The number of carbonyl (C=O) groups excluding carboxylic acids is 2. The first-order chi connectivity index (χ1) is 9.13. The van der Waals surface area contributed by atoms with Crippen molar-refractivity contribution in [3.8, 4) is 0 Å². The van der Waals surface area contributed by atoms with Crippen LogP contribution in [0.3, 0.4) is 0 Å². The fourth-order valence-corrected chi connectivity index (χ4v) is 2.80. The van der Waals surface area contributed by atoms with E-state index in [1.54, 1.807) is 0 Å². The number of likely N-dealkylation sites (tertiary alicyclic amines) is 1. The predicted molar refractivity (Wildman–Crippen MR) is 69.4 cm³/mol. The Morgan fingerprint density at radius 2 is 1.95 bits per heavy atom. The van der Waals surface area contributed by atoms with Gasteiger partial charge in [0.25, 0.3) is 5.91 Å². The monoisotopic (exact) mass is 270 g/mol. The number of hydrogen-bond donors (Lipinski definition) is 3. The number of nitrogens with one attached hydrogen (secondary N) is 1. The third-order valence-electron chi connectivity index (χ3n) is 3.94. The first kappa shape index (κ1) is 14.2. The number of rotatable bonds is 5. The van der Waals surface area contributed by atoms with Gasteiger partial charge >= 0.3 is 6.03 Å². The number of carbonyl (C=O) groups is 2. The summed E-state index contributed by atoms with van der Waals surface area (Å²) < 4.78 is 0. The van der Waals surface area contributed by atoms with Gasteiger partial charge in [-0.15, -0.1) is 0 Å². The van der Waals surface area contributed by atoms with Crippen molar-refractivity contribution in [2.24, 2.45) is 5.73 Å². The molecular formula is C12H22N4O3. The van der Waals surface area contributed by atoms with Gasteiger partial charge in [-0.05, 0) is 19.3 Å². The largest absolute Gasteiger partial charge is 0.396 e. The van der Waals surface area contributed by atoms with E-state index in [0.29, 0.717) is 12.8 Å². The van der Waals surface area contributed by atoms with Crippen LogP contribution in [-0.4, -0.2) is 71.7 Å². The van der Waals surface area contributed by atoms with Crippen molar-refractivity contribution in [1.82, 2.24) is 15.1 Å². The fraction of sp³-hybridized carbons (Fsp3) is 0.833. The van der Waals surface area contributed by atoms with E-state index < -0.39 is 5.54 Å². The Bertz CT molecular complexity index is 353. The number of imide groups is 1. The van der Waals surface area contributed by atoms with Gasteiger partial charge < -0.3 is 21.1 Å². The van der Waals surface area contributed by atoms with Crippen molar-refractivity contribution in [3.05, 3.63) is 0 Å². The summed E-state index contributed by atoms with van der Waals surface area (Å²) >= 11 is 0. The second-order valence-electron chi connectivity index (χ2n) is 5.18. The molecule has 1 spiro atoms. The highest BCUT2D eigenvalue weighted by Gasteiger charge is 2.51. The maximum Gasteiger partial charge on any atom is 0.325 e. The molecule has 2 heterocycles. The second-order valence-corrected chi connectivity index (χ2v) is 5.18. The van der Waals surface area contributed by atoms with Gasteiger partial charge in [-0.1, -0.05) is 0 Å². The van der Waals surface area contributed by atoms with E-state index >= 15 is 0 Å². The van der Waals surface area contributed by atoms with Crippen molar-refractivity contribution in [2.75, 3.05) is 39.3 Å². The molecule has 2 aliphatic rings. The van der Waals surface area contributed by atoms with Crippen LogP contribution in [0.25, 0.3) is 0 Å². The van der Waals surface area contributed by atoms with Gasteiger partial charge in [-0.25, -0.2) is 4.79 Å². The summed E-state index contributed by atoms with van der Waals surface area (Å²) in [4.78, 5) is 27.6. The number of aliphatic hydroxyl groups is 1. The van der Waals surface area contributed by atoms with E-state index in [0.717, 1.165) is 26.1 Å². The number of nitrogens with zero attached hydrogens (tertiary/aromatic N) is 2. The summed E-state index contributed by atoms with van der Waals surface area (Å²) in [7, 11) is 0. The minimum absolute atomic E-state index is 0.134. The molecule has 2 rings (SSSR count). The van der Waals surface area contributed by atoms with Gasteiger partial charge in [0, 0.05) is 39.3 Å². The van der Waals surface area contributed by atoms with Crippen LogP contribution in [0.4, 0.5) is 4.79 Å². The van der Waals surface area contributed by atoms with E-state index in [1.165, 1.54) is 4.90 Å². The molecule has 108 valence electrons. The Hall–Kier alpha value is -1.18. The zero-order chi connectivity index (χ0) is 13.9. The molecule has 7 nitrogen and oxygen atoms in total. The lowest BCUT2D eigenvalue weighted by Gasteiger charge is -2.37. The summed E-state index contributed by atoms with van der Waals surface area (Å²) in [5.41, 5.74) is 4.70. The Kier molecular flexibility index (Phi) is 4.38. The summed E-state index contributed by atoms with van der Waals surface area (Å²) in [6.45, 7) is 3.12. The minimum atomic E-state index is -0.720. The topological polar surface area (TPSA) is 98.9 Å². The number of urea groups is 1. The van der Waals surface area contributed by atoms with Crippen LogP contribution in [0.5, 0.6) is 0 Å². The number of amides is 3. The third-order valence-corrected chi connectivity index (χ3v) is 3.94. The molecule has 2 aliphatic heterocycles. The van der Waals surface area contributed by atoms with Crippen LogP contribution < -0.4 is 11.1 Å². The molecule has 2 saturated heterocycles. The number of hydrogen-bond acceptors (Lipinski definition) is 5. The van der Waals surface area contributed by atoms with Gasteiger partial charge in [-0.2, -0.15) is 0 Å². The van der Waals surface area contributed by atoms with Crippen molar-refractivity contribution in [3.63, 3.8) is 0 Å². The highest BCUT2D eigenvalue weighted by atomic mass is 16.3. The van der Waals surface area contributed by atoms with Crippen LogP contribution in [0.15, 0.2) is 0 Å². The average Bonchev–Trinajstić information content (AvgIpc) is 2.63. The van der Waals surface area contributed by atoms with E-state index in [9.17, 15) is 9.59 Å². The normalized spacial score (nSPS) is 23.2. The van der Waals surface area contributed by atoms with Gasteiger partial charge in [0.05, 0.1) is 0 Å². The molecule has 0 atom stereocenters. The number of piperidine rings is 1. The van der Waals surface area contributed by atoms with Crippen molar-refractivity contribution in [2.45, 2.75) is 24.8 Å². The SMILES string of the molecule is NCCN1C(=O)NC2(CCN(CCCO)CC2)C1=O. The van der Waals surface area contributed by atoms with Crippen LogP contribution in [0.2, 0.25) is 0 Å². The summed E-state index contributed by atoms with van der Waals surface area (Å²) in [5.74, 6) is -0.134. The number of nitrogens with two attached hydrogens (primary N) is 1. The summed E-state index contributed by atoms with van der Waals surface area (Å²) in [5, 5.41) is 11.7. The quantitative estimate of drug-likeness (QED) is 0.540. The molecule has 0 aromatic rings. The summed E-state index contributed by atoms with van der Waals surface area (Å²) in [6.07, 6.45) is 2.00.